The van der Waals surface area contributed by atoms with Crippen molar-refractivity contribution in [3.63, 3.8) is 0 Å². The number of rotatable bonds is 7. The smallest absolute Gasteiger partial charge is 0.355 e. The Morgan fingerprint density at radius 3 is 2.43 bits per heavy atom. The zero-order chi connectivity index (χ0) is 24.9. The monoisotopic (exact) mass is 477 g/mol. The topological polar surface area (TPSA) is 136 Å². The number of methoxy groups -OCH3 is 1. The van der Waals surface area contributed by atoms with Gasteiger partial charge in [0.2, 0.25) is 0 Å². The van der Waals surface area contributed by atoms with Gasteiger partial charge in [-0.2, -0.15) is 0 Å². The number of ether oxygens (including phenoxy) is 3. The summed E-state index contributed by atoms with van der Waals surface area (Å²) in [7, 11) is 1.53. The van der Waals surface area contributed by atoms with E-state index in [0.29, 0.717) is 22.1 Å². The first-order valence-electron chi connectivity index (χ1n) is 10.8. The molecule has 10 heteroatoms. The first-order valence-corrected chi connectivity index (χ1v) is 10.8. The number of hydrogen-bond donors (Lipinski definition) is 3. The number of H-pyrrole nitrogens is 1. The molecule has 2 heterocycles. The Balaban J connectivity index is 1.65. The number of aromatic nitrogens is 1. The van der Waals surface area contributed by atoms with Gasteiger partial charge >= 0.3 is 18.0 Å². The number of urea groups is 1. The Hall–Kier alpha value is -4.60. The predicted octanol–water partition coefficient (Wildman–Crippen LogP) is 2.56. The van der Waals surface area contributed by atoms with Gasteiger partial charge in [0.1, 0.15) is 18.1 Å². The van der Waals surface area contributed by atoms with Gasteiger partial charge in [-0.15, -0.1) is 0 Å². The molecule has 1 aromatic heterocycles. The van der Waals surface area contributed by atoms with Crippen LogP contribution in [0.4, 0.5) is 4.79 Å². The predicted molar refractivity (Wildman–Crippen MR) is 126 cm³/mol. The first kappa shape index (κ1) is 23.6. The van der Waals surface area contributed by atoms with Gasteiger partial charge in [-0.3, -0.25) is 4.79 Å². The van der Waals surface area contributed by atoms with Crippen molar-refractivity contribution in [2.45, 2.75) is 13.0 Å². The summed E-state index contributed by atoms with van der Waals surface area (Å²) in [5.74, 6) is -0.891. The van der Waals surface area contributed by atoms with Crippen LogP contribution < -0.4 is 20.9 Å². The summed E-state index contributed by atoms with van der Waals surface area (Å²) in [6.07, 6.45) is 0. The van der Waals surface area contributed by atoms with Crippen molar-refractivity contribution in [2.24, 2.45) is 0 Å². The molecule has 0 bridgehead atoms. The van der Waals surface area contributed by atoms with E-state index >= 15 is 0 Å². The summed E-state index contributed by atoms with van der Waals surface area (Å²) in [4.78, 5) is 52.8. The molecule has 2 aromatic carbocycles. The molecule has 3 N–H and O–H groups in total. The van der Waals surface area contributed by atoms with Crippen molar-refractivity contribution >= 4 is 28.7 Å². The third-order valence-corrected chi connectivity index (χ3v) is 5.42. The van der Waals surface area contributed by atoms with Crippen molar-refractivity contribution < 1.29 is 28.6 Å². The number of nitrogens with one attached hydrogen (secondary N) is 3. The SMILES string of the molecule is CCOC(=O)C1=C(COC(=O)c2cc3ccccc3c(=O)[nH]2)NC(=O)N[C@@H]1c1ccc(OC)cc1. The van der Waals surface area contributed by atoms with Crippen LogP contribution in [0.3, 0.4) is 0 Å². The lowest BCUT2D eigenvalue weighted by Gasteiger charge is -2.29. The highest BCUT2D eigenvalue weighted by Gasteiger charge is 2.34. The molecule has 0 spiro atoms. The van der Waals surface area contributed by atoms with E-state index in [9.17, 15) is 19.2 Å². The lowest BCUT2D eigenvalue weighted by molar-refractivity contribution is -0.139. The normalized spacial score (nSPS) is 15.3. The Kier molecular flexibility index (Phi) is 6.81. The second-order valence-electron chi connectivity index (χ2n) is 7.59. The van der Waals surface area contributed by atoms with Gasteiger partial charge in [-0.25, -0.2) is 14.4 Å². The van der Waals surface area contributed by atoms with Crippen LogP contribution in [0.15, 0.2) is 70.7 Å². The van der Waals surface area contributed by atoms with E-state index in [1.165, 1.54) is 13.2 Å². The molecule has 35 heavy (non-hydrogen) atoms. The molecule has 0 saturated carbocycles. The summed E-state index contributed by atoms with van der Waals surface area (Å²) >= 11 is 0. The molecule has 1 atom stereocenters. The van der Waals surface area contributed by atoms with Crippen LogP contribution in [0.25, 0.3) is 10.8 Å². The zero-order valence-electron chi connectivity index (χ0n) is 19.0. The number of esters is 2. The van der Waals surface area contributed by atoms with Gasteiger partial charge in [-0.05, 0) is 42.1 Å². The van der Waals surface area contributed by atoms with Crippen molar-refractivity contribution in [1.82, 2.24) is 15.6 Å². The largest absolute Gasteiger partial charge is 0.497 e. The van der Waals surface area contributed by atoms with Crippen LogP contribution in [0, 0.1) is 0 Å². The van der Waals surface area contributed by atoms with Crippen molar-refractivity contribution in [2.75, 3.05) is 20.3 Å². The third kappa shape index (κ3) is 5.01. The van der Waals surface area contributed by atoms with Gasteiger partial charge in [0.25, 0.3) is 5.56 Å². The molecule has 0 fully saturated rings. The number of aromatic amines is 1. The number of fused-ring (bicyclic) bond motifs is 1. The van der Waals surface area contributed by atoms with E-state index in [4.69, 9.17) is 14.2 Å². The molecule has 0 unspecified atom stereocenters. The van der Waals surface area contributed by atoms with Crippen molar-refractivity contribution in [1.29, 1.82) is 0 Å². The van der Waals surface area contributed by atoms with Gasteiger partial charge in [0.15, 0.2) is 0 Å². The lowest BCUT2D eigenvalue weighted by atomic mass is 9.95. The Morgan fingerprint density at radius 1 is 0.971 bits per heavy atom. The minimum atomic E-state index is -0.845. The molecular formula is C25H23N3O7. The van der Waals surface area contributed by atoms with Gasteiger partial charge in [-0.1, -0.05) is 30.3 Å². The maximum Gasteiger partial charge on any atom is 0.355 e. The molecular weight excluding hydrogens is 454 g/mol. The summed E-state index contributed by atoms with van der Waals surface area (Å²) in [5, 5.41) is 6.24. The van der Waals surface area contributed by atoms with Crippen LogP contribution >= 0.6 is 0 Å². The second kappa shape index (κ2) is 10.1. The van der Waals surface area contributed by atoms with E-state index in [0.717, 1.165) is 0 Å². The number of benzene rings is 2. The zero-order valence-corrected chi connectivity index (χ0v) is 19.0. The molecule has 0 saturated heterocycles. The number of pyridine rings is 1. The van der Waals surface area contributed by atoms with Crippen LogP contribution in [0.5, 0.6) is 5.75 Å². The van der Waals surface area contributed by atoms with E-state index in [2.05, 4.69) is 15.6 Å². The Morgan fingerprint density at radius 2 is 1.71 bits per heavy atom. The number of carbonyl (C=O) groups is 3. The van der Waals surface area contributed by atoms with Gasteiger partial charge < -0.3 is 29.8 Å². The fraction of sp³-hybridized carbons (Fsp3) is 0.200. The van der Waals surface area contributed by atoms with Crippen molar-refractivity contribution in [3.8, 4) is 5.75 Å². The summed E-state index contributed by atoms with van der Waals surface area (Å²) in [5.41, 5.74) is 0.280. The lowest BCUT2D eigenvalue weighted by Crippen LogP contribution is -2.47. The highest BCUT2D eigenvalue weighted by Crippen LogP contribution is 2.29. The van der Waals surface area contributed by atoms with Crippen LogP contribution in [-0.4, -0.2) is 43.3 Å². The summed E-state index contributed by atoms with van der Waals surface area (Å²) in [6, 6.07) is 13.7. The number of amides is 2. The molecule has 2 amide bonds. The van der Waals surface area contributed by atoms with Gasteiger partial charge in [0.05, 0.1) is 31.0 Å². The van der Waals surface area contributed by atoms with E-state index in [-0.39, 0.29) is 23.6 Å². The van der Waals surface area contributed by atoms with E-state index < -0.39 is 36.2 Å². The fourth-order valence-corrected chi connectivity index (χ4v) is 3.76. The molecule has 3 aromatic rings. The fourth-order valence-electron chi connectivity index (χ4n) is 3.76. The highest BCUT2D eigenvalue weighted by molar-refractivity contribution is 5.96. The molecule has 0 aliphatic carbocycles. The Bertz CT molecular complexity index is 1380. The molecule has 1 aliphatic rings. The highest BCUT2D eigenvalue weighted by atomic mass is 16.5. The minimum Gasteiger partial charge on any atom is -0.497 e. The van der Waals surface area contributed by atoms with Crippen LogP contribution in [0.1, 0.15) is 29.0 Å². The number of hydrogen-bond acceptors (Lipinski definition) is 7. The van der Waals surface area contributed by atoms with Crippen LogP contribution in [-0.2, 0) is 14.3 Å². The molecule has 1 aliphatic heterocycles. The average Bonchev–Trinajstić information content (AvgIpc) is 2.87. The maximum atomic E-state index is 12.8. The first-order chi connectivity index (χ1) is 16.9. The molecule has 180 valence electrons. The summed E-state index contributed by atoms with van der Waals surface area (Å²) in [6.45, 7) is 1.34. The number of carbonyl (C=O) groups excluding carboxylic acids is 3. The standard InChI is InChI=1S/C25H23N3O7/c1-3-34-24(31)20-19(27-25(32)28-21(20)14-8-10-16(33-2)11-9-14)13-35-23(30)18-12-15-6-4-5-7-17(15)22(29)26-18/h4-12,21H,3,13H2,1-2H3,(H,26,29)(H2,27,28,32)/t21-/m1/s1. The van der Waals surface area contributed by atoms with Crippen molar-refractivity contribution in [3.05, 3.63) is 87.5 Å². The maximum absolute atomic E-state index is 12.8. The van der Waals surface area contributed by atoms with Gasteiger partial charge in [0, 0.05) is 5.39 Å². The van der Waals surface area contributed by atoms with E-state index in [1.54, 1.807) is 55.5 Å². The summed E-state index contributed by atoms with van der Waals surface area (Å²) < 4.78 is 15.7. The molecule has 0 radical (unpaired) electrons. The van der Waals surface area contributed by atoms with E-state index in [1.807, 2.05) is 0 Å². The third-order valence-electron chi connectivity index (χ3n) is 5.42. The Labute approximate surface area is 199 Å². The average molecular weight is 477 g/mol. The van der Waals surface area contributed by atoms with Crippen LogP contribution in [0.2, 0.25) is 0 Å². The second-order valence-corrected chi connectivity index (χ2v) is 7.59. The molecule has 10 nitrogen and oxygen atoms in total. The minimum absolute atomic E-state index is 0.0565. The molecule has 4 rings (SSSR count). The quantitative estimate of drug-likeness (QED) is 0.445.